The van der Waals surface area contributed by atoms with Crippen molar-refractivity contribution in [2.24, 2.45) is 0 Å². The molecule has 0 bridgehead atoms. The van der Waals surface area contributed by atoms with Gasteiger partial charge < -0.3 is 29.1 Å². The average molecular weight is 917 g/mol. The second-order valence-electron chi connectivity index (χ2n) is 17.6. The molecule has 6 aromatic rings. The molecule has 68 heavy (non-hydrogen) atoms. The van der Waals surface area contributed by atoms with Crippen LogP contribution in [0.2, 0.25) is 0 Å². The summed E-state index contributed by atoms with van der Waals surface area (Å²) in [6.45, 7) is 2.46. The highest BCUT2D eigenvalue weighted by Gasteiger charge is 2.21. The van der Waals surface area contributed by atoms with Crippen molar-refractivity contribution in [3.63, 3.8) is 0 Å². The molecular formula is C60H62N5O2S+. The molecule has 0 atom stereocenters. The lowest BCUT2D eigenvalue weighted by molar-refractivity contribution is 0.143. The quantitative estimate of drug-likeness (QED) is 0.0717. The van der Waals surface area contributed by atoms with Crippen LogP contribution in [0.5, 0.6) is 0 Å². The van der Waals surface area contributed by atoms with Gasteiger partial charge in [-0.05, 0) is 143 Å². The molecule has 0 radical (unpaired) electrons. The predicted octanol–water partition coefficient (Wildman–Crippen LogP) is 13.0. The van der Waals surface area contributed by atoms with Gasteiger partial charge in [0.25, 0.3) is 0 Å². The summed E-state index contributed by atoms with van der Waals surface area (Å²) in [7, 11) is 14.5. The highest BCUT2D eigenvalue weighted by Crippen LogP contribution is 2.43. The molecule has 0 fully saturated rings. The molecule has 0 saturated carbocycles. The SMILES string of the molecule is CN(C)c1ccc(C=C[C+](C=Cc2ccc(N(C)C)cc2)C=C2C=C(c3cccc(CNCN(C)c4ccc(C5=C(c6ccc(N(C)C)cc6)OCCO5)cc4)c3)C=C(c3ccccc3)S2)cc1. The molecule has 2 aliphatic rings. The van der Waals surface area contributed by atoms with Crippen molar-refractivity contribution in [2.45, 2.75) is 6.54 Å². The van der Waals surface area contributed by atoms with Crippen LogP contribution in [0.4, 0.5) is 22.7 Å². The number of nitrogens with zero attached hydrogens (tertiary/aromatic N) is 4. The number of hydrogen-bond donors (Lipinski definition) is 1. The summed E-state index contributed by atoms with van der Waals surface area (Å²) in [6.07, 6.45) is 15.8. The Kier molecular flexibility index (Phi) is 15.6. The minimum atomic E-state index is 0.524. The van der Waals surface area contributed by atoms with Gasteiger partial charge in [0, 0.05) is 142 Å². The first-order chi connectivity index (χ1) is 33.1. The van der Waals surface area contributed by atoms with Gasteiger partial charge >= 0.3 is 0 Å². The maximum atomic E-state index is 6.19. The zero-order chi connectivity index (χ0) is 47.4. The zero-order valence-electron chi connectivity index (χ0n) is 40.3. The van der Waals surface area contributed by atoms with Crippen LogP contribution in [0.3, 0.4) is 0 Å². The summed E-state index contributed by atoms with van der Waals surface area (Å²) in [5.74, 6) is 2.66. The maximum Gasteiger partial charge on any atom is 0.169 e. The van der Waals surface area contributed by atoms with Gasteiger partial charge in [0.15, 0.2) is 11.5 Å². The van der Waals surface area contributed by atoms with E-state index in [0.717, 1.165) is 57.6 Å². The Morgan fingerprint density at radius 1 is 0.529 bits per heavy atom. The number of hydrogen-bond acceptors (Lipinski definition) is 8. The highest BCUT2D eigenvalue weighted by molar-refractivity contribution is 8.12. The first-order valence-electron chi connectivity index (χ1n) is 23.1. The fraction of sp³-hybridized carbons (Fsp3) is 0.183. The molecule has 0 saturated heterocycles. The van der Waals surface area contributed by atoms with E-state index in [-0.39, 0.29) is 0 Å². The lowest BCUT2D eigenvalue weighted by Gasteiger charge is -2.24. The lowest BCUT2D eigenvalue weighted by atomic mass is 9.99. The van der Waals surface area contributed by atoms with E-state index in [0.29, 0.717) is 19.9 Å². The van der Waals surface area contributed by atoms with Crippen LogP contribution in [0.15, 0.2) is 187 Å². The van der Waals surface area contributed by atoms with Crippen LogP contribution in [-0.4, -0.2) is 69.2 Å². The zero-order valence-corrected chi connectivity index (χ0v) is 41.1. The van der Waals surface area contributed by atoms with E-state index in [9.17, 15) is 0 Å². The maximum absolute atomic E-state index is 6.19. The second kappa shape index (κ2) is 22.5. The van der Waals surface area contributed by atoms with Crippen LogP contribution >= 0.6 is 11.8 Å². The third-order valence-corrected chi connectivity index (χ3v) is 12.9. The number of benzene rings is 6. The number of anilines is 4. The smallest absolute Gasteiger partial charge is 0.169 e. The largest absolute Gasteiger partial charge is 0.485 e. The van der Waals surface area contributed by atoms with Crippen molar-refractivity contribution in [1.29, 1.82) is 0 Å². The Bertz CT molecular complexity index is 2740. The Hall–Kier alpha value is -7.26. The molecule has 8 heteroatoms. The van der Waals surface area contributed by atoms with Gasteiger partial charge in [-0.3, -0.25) is 5.32 Å². The van der Waals surface area contributed by atoms with E-state index in [1.165, 1.54) is 43.4 Å². The summed E-state index contributed by atoms with van der Waals surface area (Å²) >= 11 is 1.80. The molecule has 2 aliphatic heterocycles. The molecule has 0 amide bonds. The Labute approximate surface area is 408 Å². The molecular weight excluding hydrogens is 855 g/mol. The fourth-order valence-electron chi connectivity index (χ4n) is 7.92. The van der Waals surface area contributed by atoms with Crippen molar-refractivity contribution in [3.8, 4) is 0 Å². The van der Waals surface area contributed by atoms with Gasteiger partial charge in [-0.25, -0.2) is 0 Å². The van der Waals surface area contributed by atoms with Crippen molar-refractivity contribution < 1.29 is 9.47 Å². The first-order valence-corrected chi connectivity index (χ1v) is 23.9. The molecule has 0 unspecified atom stereocenters. The minimum Gasteiger partial charge on any atom is -0.485 e. The van der Waals surface area contributed by atoms with E-state index >= 15 is 0 Å². The Morgan fingerprint density at radius 2 is 1.03 bits per heavy atom. The molecule has 7 nitrogen and oxygen atoms in total. The average Bonchev–Trinajstić information content (AvgIpc) is 3.37. The molecule has 0 spiro atoms. The first kappa shape index (κ1) is 47.2. The van der Waals surface area contributed by atoms with Gasteiger partial charge in [0.1, 0.15) is 13.2 Å². The van der Waals surface area contributed by atoms with E-state index in [4.69, 9.17) is 9.47 Å². The van der Waals surface area contributed by atoms with E-state index in [2.05, 4.69) is 254 Å². The summed E-state index contributed by atoms with van der Waals surface area (Å²) in [5, 5.41) is 3.69. The second-order valence-corrected chi connectivity index (χ2v) is 18.7. The molecule has 0 aromatic heterocycles. The molecule has 2 heterocycles. The molecule has 6 aromatic carbocycles. The van der Waals surface area contributed by atoms with Crippen molar-refractivity contribution in [1.82, 2.24) is 5.32 Å². The van der Waals surface area contributed by atoms with Gasteiger partial charge in [-0.2, -0.15) is 0 Å². The standard InChI is InChI=1S/C60H62N5O2S/c1-62(2)53-28-20-44(21-29-53)16-18-46(19-17-45-22-30-54(31-23-45)63(3)4)39-57-40-52(41-58(68-57)48-13-9-8-10-14-48)51-15-11-12-47(38-51)42-61-43-65(7)56-34-26-50(27-35-56)60-59(66-36-37-67-60)49-24-32-55(33-25-49)64(5)6/h8-35,38-41,61H,36-37,42-43H2,1-7H3/q+1. The number of nitrogens with one attached hydrogen (secondary N) is 1. The molecule has 0 aliphatic carbocycles. The topological polar surface area (TPSA) is 43.5 Å². The predicted molar refractivity (Wildman–Crippen MR) is 293 cm³/mol. The number of thioether (sulfide) groups is 1. The number of ether oxygens (including phenoxy) is 2. The van der Waals surface area contributed by atoms with E-state index < -0.39 is 0 Å². The minimum absolute atomic E-state index is 0.524. The van der Waals surface area contributed by atoms with Crippen LogP contribution in [0.1, 0.15) is 38.9 Å². The van der Waals surface area contributed by atoms with Crippen LogP contribution in [0, 0.1) is 5.92 Å². The van der Waals surface area contributed by atoms with E-state index in [1.54, 1.807) is 11.8 Å². The third kappa shape index (κ3) is 12.4. The Balaban J connectivity index is 0.995. The monoisotopic (exact) mass is 916 g/mol. The summed E-state index contributed by atoms with van der Waals surface area (Å²) in [6, 6.07) is 53.8. The van der Waals surface area contributed by atoms with Crippen molar-refractivity contribution in [2.75, 3.05) is 88.8 Å². The van der Waals surface area contributed by atoms with Crippen molar-refractivity contribution >= 4 is 68.7 Å². The molecule has 8 rings (SSSR count). The highest BCUT2D eigenvalue weighted by atomic mass is 32.2. The van der Waals surface area contributed by atoms with Gasteiger partial charge in [-0.1, -0.05) is 48.5 Å². The summed E-state index contributed by atoms with van der Waals surface area (Å²) < 4.78 is 12.4. The third-order valence-electron chi connectivity index (χ3n) is 11.9. The van der Waals surface area contributed by atoms with Gasteiger partial charge in [0.2, 0.25) is 0 Å². The van der Waals surface area contributed by atoms with Gasteiger partial charge in [0.05, 0.1) is 17.5 Å². The summed E-state index contributed by atoms with van der Waals surface area (Å²) in [5.41, 5.74) is 13.7. The van der Waals surface area contributed by atoms with Gasteiger partial charge in [-0.15, -0.1) is 0 Å². The number of rotatable bonds is 17. The molecule has 344 valence electrons. The lowest BCUT2D eigenvalue weighted by Crippen LogP contribution is -2.30. The van der Waals surface area contributed by atoms with Crippen LogP contribution in [-0.2, 0) is 16.0 Å². The normalized spacial score (nSPS) is 14.4. The molecule has 1 N–H and O–H groups in total. The number of allylic oxidation sites excluding steroid dienone is 6. The summed E-state index contributed by atoms with van der Waals surface area (Å²) in [4.78, 5) is 10.9. The fourth-order valence-corrected chi connectivity index (χ4v) is 8.99. The Morgan fingerprint density at radius 3 is 1.56 bits per heavy atom. The van der Waals surface area contributed by atoms with Crippen LogP contribution in [0.25, 0.3) is 34.1 Å². The van der Waals surface area contributed by atoms with Crippen LogP contribution < -0.4 is 24.9 Å². The van der Waals surface area contributed by atoms with Crippen molar-refractivity contribution in [3.05, 3.63) is 232 Å². The van der Waals surface area contributed by atoms with E-state index in [1.807, 2.05) is 14.1 Å².